The number of imidazole rings is 1. The van der Waals surface area contributed by atoms with Crippen molar-refractivity contribution in [2.75, 3.05) is 20.2 Å². The second kappa shape index (κ2) is 10.8. The van der Waals surface area contributed by atoms with Gasteiger partial charge in [-0.05, 0) is 42.7 Å². The van der Waals surface area contributed by atoms with Crippen molar-refractivity contribution in [3.63, 3.8) is 0 Å². The molecule has 1 fully saturated rings. The third-order valence-electron chi connectivity index (χ3n) is 7.60. The number of benzene rings is 1. The van der Waals surface area contributed by atoms with Gasteiger partial charge in [-0.3, -0.25) is 4.79 Å². The standard InChI is InChI=1S/C30H42N4O3S/c1-19-24(16-35)31-18-34(19)15-26(36)33-11-9-20(10-12-33)25-17-38-28(32-25)21-13-22(29(2,3)4)27(37-8)23(14-21)30(5,6)7/h13-14,17-18,20,35H,9-12,15-16H2,1-8H3. The van der Waals surface area contributed by atoms with Crippen LogP contribution in [-0.4, -0.2) is 50.6 Å². The van der Waals surface area contributed by atoms with Crippen molar-refractivity contribution < 1.29 is 14.6 Å². The highest BCUT2D eigenvalue weighted by molar-refractivity contribution is 7.13. The number of ether oxygens (including phenoxy) is 1. The molecular weight excluding hydrogens is 496 g/mol. The summed E-state index contributed by atoms with van der Waals surface area (Å²) in [5.74, 6) is 1.42. The monoisotopic (exact) mass is 538 g/mol. The summed E-state index contributed by atoms with van der Waals surface area (Å²) in [7, 11) is 1.76. The fraction of sp³-hybridized carbons (Fsp3) is 0.567. The number of hydrogen-bond acceptors (Lipinski definition) is 6. The van der Waals surface area contributed by atoms with Gasteiger partial charge in [0.15, 0.2) is 0 Å². The van der Waals surface area contributed by atoms with Crippen LogP contribution in [-0.2, 0) is 28.8 Å². The number of amides is 1. The van der Waals surface area contributed by atoms with Crippen LogP contribution >= 0.6 is 11.3 Å². The average molecular weight is 539 g/mol. The van der Waals surface area contributed by atoms with E-state index >= 15 is 0 Å². The molecule has 1 aromatic carbocycles. The fourth-order valence-electron chi connectivity index (χ4n) is 5.16. The van der Waals surface area contributed by atoms with Gasteiger partial charge in [-0.2, -0.15) is 0 Å². The number of hydrogen-bond donors (Lipinski definition) is 1. The molecule has 1 amide bonds. The van der Waals surface area contributed by atoms with Crippen LogP contribution in [0.25, 0.3) is 10.6 Å². The minimum atomic E-state index is -0.111. The van der Waals surface area contributed by atoms with Crippen LogP contribution in [0.2, 0.25) is 0 Å². The Kier molecular flexibility index (Phi) is 8.05. The van der Waals surface area contributed by atoms with Gasteiger partial charge < -0.3 is 19.3 Å². The number of thiazole rings is 1. The van der Waals surface area contributed by atoms with E-state index in [1.54, 1.807) is 24.8 Å². The maximum Gasteiger partial charge on any atom is 0.242 e. The molecular formula is C30H42N4O3S. The molecule has 0 unspecified atom stereocenters. The van der Waals surface area contributed by atoms with Gasteiger partial charge in [0.25, 0.3) is 0 Å². The summed E-state index contributed by atoms with van der Waals surface area (Å²) < 4.78 is 7.75. The smallest absolute Gasteiger partial charge is 0.242 e. The normalized spacial score (nSPS) is 15.2. The Hall–Kier alpha value is -2.71. The van der Waals surface area contributed by atoms with Crippen molar-refractivity contribution in [2.45, 2.75) is 91.2 Å². The van der Waals surface area contributed by atoms with Crippen LogP contribution < -0.4 is 4.74 Å². The zero-order valence-electron chi connectivity index (χ0n) is 24.1. The van der Waals surface area contributed by atoms with E-state index in [0.717, 1.165) is 53.6 Å². The average Bonchev–Trinajstić information content (AvgIpc) is 3.49. The molecule has 4 rings (SSSR count). The lowest BCUT2D eigenvalue weighted by Crippen LogP contribution is -2.39. The number of aliphatic hydroxyl groups is 1. The Morgan fingerprint density at radius 2 is 1.71 bits per heavy atom. The molecule has 206 valence electrons. The summed E-state index contributed by atoms with van der Waals surface area (Å²) >= 11 is 1.70. The molecule has 0 atom stereocenters. The van der Waals surface area contributed by atoms with E-state index in [-0.39, 0.29) is 29.9 Å². The number of methoxy groups -OCH3 is 1. The van der Waals surface area contributed by atoms with Crippen LogP contribution in [0.5, 0.6) is 5.75 Å². The number of rotatable bonds is 6. The van der Waals surface area contributed by atoms with Crippen molar-refractivity contribution in [1.29, 1.82) is 0 Å². The number of aromatic nitrogens is 3. The second-order valence-electron chi connectivity index (χ2n) is 12.4. The van der Waals surface area contributed by atoms with Crippen LogP contribution in [0.4, 0.5) is 0 Å². The van der Waals surface area contributed by atoms with Crippen LogP contribution in [0.15, 0.2) is 23.8 Å². The number of carbonyl (C=O) groups excluding carboxylic acids is 1. The third-order valence-corrected chi connectivity index (χ3v) is 8.51. The molecule has 0 bridgehead atoms. The molecule has 8 heteroatoms. The second-order valence-corrected chi connectivity index (χ2v) is 13.3. The van der Waals surface area contributed by atoms with Crippen LogP contribution in [0.3, 0.4) is 0 Å². The van der Waals surface area contributed by atoms with Gasteiger partial charge in [0.05, 0.1) is 31.4 Å². The van der Waals surface area contributed by atoms with Crippen molar-refractivity contribution in [3.8, 4) is 16.3 Å². The van der Waals surface area contributed by atoms with E-state index < -0.39 is 0 Å². The molecule has 3 aromatic rings. The van der Waals surface area contributed by atoms with Gasteiger partial charge in [-0.15, -0.1) is 11.3 Å². The fourth-order valence-corrected chi connectivity index (χ4v) is 6.05. The first kappa shape index (κ1) is 28.3. The van der Waals surface area contributed by atoms with E-state index in [4.69, 9.17) is 9.72 Å². The zero-order chi connectivity index (χ0) is 27.8. The van der Waals surface area contributed by atoms with E-state index in [9.17, 15) is 9.90 Å². The summed E-state index contributed by atoms with van der Waals surface area (Å²) in [6.45, 7) is 16.8. The molecule has 7 nitrogen and oxygen atoms in total. The van der Waals surface area contributed by atoms with E-state index in [1.165, 1.54) is 11.1 Å². The largest absolute Gasteiger partial charge is 0.496 e. The Morgan fingerprint density at radius 3 is 2.21 bits per heavy atom. The maximum atomic E-state index is 12.9. The van der Waals surface area contributed by atoms with Crippen molar-refractivity contribution >= 4 is 17.2 Å². The lowest BCUT2D eigenvalue weighted by atomic mass is 9.78. The predicted molar refractivity (Wildman–Crippen MR) is 153 cm³/mol. The summed E-state index contributed by atoms with van der Waals surface area (Å²) in [4.78, 5) is 24.2. The molecule has 1 N–H and O–H groups in total. The highest BCUT2D eigenvalue weighted by Crippen LogP contribution is 2.43. The Bertz CT molecular complexity index is 1250. The van der Waals surface area contributed by atoms with Gasteiger partial charge in [0.1, 0.15) is 17.3 Å². The third kappa shape index (κ3) is 5.81. The summed E-state index contributed by atoms with van der Waals surface area (Å²) in [6, 6.07) is 4.50. The summed E-state index contributed by atoms with van der Waals surface area (Å²) in [6.07, 6.45) is 3.45. The van der Waals surface area contributed by atoms with Gasteiger partial charge in [-0.1, -0.05) is 41.5 Å². The highest BCUT2D eigenvalue weighted by Gasteiger charge is 2.29. The number of carbonyl (C=O) groups is 1. The molecule has 38 heavy (non-hydrogen) atoms. The first-order valence-electron chi connectivity index (χ1n) is 13.4. The van der Waals surface area contributed by atoms with E-state index in [1.807, 2.05) is 16.4 Å². The van der Waals surface area contributed by atoms with E-state index in [0.29, 0.717) is 11.6 Å². The molecule has 3 heterocycles. The Labute approximate surface area is 230 Å². The van der Waals surface area contributed by atoms with Crippen molar-refractivity contribution in [2.24, 2.45) is 0 Å². The molecule has 0 radical (unpaired) electrons. The molecule has 2 aromatic heterocycles. The lowest BCUT2D eigenvalue weighted by Gasteiger charge is -2.31. The molecule has 0 saturated carbocycles. The molecule has 1 saturated heterocycles. The highest BCUT2D eigenvalue weighted by atomic mass is 32.1. The first-order chi connectivity index (χ1) is 17.8. The van der Waals surface area contributed by atoms with Crippen LogP contribution in [0.1, 0.15) is 88.5 Å². The predicted octanol–water partition coefficient (Wildman–Crippen LogP) is 5.82. The SMILES string of the molecule is COc1c(C(C)(C)C)cc(-c2nc(C3CCN(C(=O)Cn4cnc(CO)c4C)CC3)cs2)cc1C(C)(C)C. The van der Waals surface area contributed by atoms with Gasteiger partial charge in [0, 0.05) is 46.8 Å². The lowest BCUT2D eigenvalue weighted by molar-refractivity contribution is -0.132. The van der Waals surface area contributed by atoms with Crippen molar-refractivity contribution in [1.82, 2.24) is 19.4 Å². The first-order valence-corrected chi connectivity index (χ1v) is 14.3. The number of nitrogens with zero attached hydrogens (tertiary/aromatic N) is 4. The zero-order valence-corrected chi connectivity index (χ0v) is 24.9. The van der Waals surface area contributed by atoms with Gasteiger partial charge in [-0.25, -0.2) is 9.97 Å². The molecule has 1 aliphatic rings. The molecule has 0 spiro atoms. The number of piperidine rings is 1. The van der Waals surface area contributed by atoms with Gasteiger partial charge >= 0.3 is 0 Å². The maximum absolute atomic E-state index is 12.9. The quantitative estimate of drug-likeness (QED) is 0.428. The minimum Gasteiger partial charge on any atom is -0.496 e. The number of likely N-dealkylation sites (tertiary alicyclic amines) is 1. The summed E-state index contributed by atoms with van der Waals surface area (Å²) in [5, 5.41) is 12.6. The summed E-state index contributed by atoms with van der Waals surface area (Å²) in [5.41, 5.74) is 6.01. The van der Waals surface area contributed by atoms with Gasteiger partial charge in [0.2, 0.25) is 5.91 Å². The van der Waals surface area contributed by atoms with Crippen LogP contribution in [0, 0.1) is 6.92 Å². The van der Waals surface area contributed by atoms with E-state index in [2.05, 4.69) is 64.0 Å². The Morgan fingerprint density at radius 1 is 1.11 bits per heavy atom. The Balaban J connectivity index is 1.50. The number of aliphatic hydroxyl groups excluding tert-OH is 1. The van der Waals surface area contributed by atoms with Crippen molar-refractivity contribution in [3.05, 3.63) is 52.0 Å². The minimum absolute atomic E-state index is 0.0598. The molecule has 1 aliphatic heterocycles. The molecule has 0 aliphatic carbocycles. The topological polar surface area (TPSA) is 80.5 Å².